The van der Waals surface area contributed by atoms with Crippen LogP contribution in [0.2, 0.25) is 0 Å². The van der Waals surface area contributed by atoms with E-state index in [0.29, 0.717) is 48.9 Å². The van der Waals surface area contributed by atoms with E-state index in [0.717, 1.165) is 0 Å². The van der Waals surface area contributed by atoms with Crippen LogP contribution in [0, 0.1) is 0 Å². The van der Waals surface area contributed by atoms with Crippen LogP contribution in [-0.2, 0) is 25.9 Å². The Morgan fingerprint density at radius 1 is 1.28 bits per heavy atom. The zero-order valence-corrected chi connectivity index (χ0v) is 17.8. The largest absolute Gasteiger partial charge is 0.486 e. The number of fused-ring (bicyclic) bond motifs is 3. The van der Waals surface area contributed by atoms with Crippen molar-refractivity contribution in [2.75, 3.05) is 31.0 Å². The second-order valence-electron chi connectivity index (χ2n) is 7.98. The van der Waals surface area contributed by atoms with E-state index in [1.54, 1.807) is 30.8 Å². The van der Waals surface area contributed by atoms with Crippen molar-refractivity contribution in [2.24, 2.45) is 5.73 Å². The van der Waals surface area contributed by atoms with Gasteiger partial charge in [0.1, 0.15) is 22.9 Å². The number of sulfone groups is 1. The molecule has 2 atom stereocenters. The molecule has 2 aromatic rings. The third kappa shape index (κ3) is 3.17. The molecule has 4 heterocycles. The Balaban J connectivity index is 1.99. The Hall–Kier alpha value is -2.24. The third-order valence-electron chi connectivity index (χ3n) is 5.65. The molecular formula is C18H26N6O4S. The first kappa shape index (κ1) is 20.0. The lowest BCUT2D eigenvalue weighted by Gasteiger charge is -2.45. The van der Waals surface area contributed by atoms with Crippen molar-refractivity contribution < 1.29 is 17.9 Å². The maximum absolute atomic E-state index is 12.6. The molecule has 0 unspecified atom stereocenters. The molecule has 4 rings (SSSR count). The lowest BCUT2D eigenvalue weighted by atomic mass is 10.0. The summed E-state index contributed by atoms with van der Waals surface area (Å²) in [6.45, 7) is 6.96. The normalized spacial score (nSPS) is 22.0. The molecule has 1 saturated heterocycles. The number of ether oxygens (including phenoxy) is 2. The Morgan fingerprint density at radius 2 is 2.03 bits per heavy atom. The van der Waals surface area contributed by atoms with E-state index in [1.165, 1.54) is 6.26 Å². The van der Waals surface area contributed by atoms with Gasteiger partial charge in [-0.3, -0.25) is 4.57 Å². The van der Waals surface area contributed by atoms with Crippen LogP contribution in [0.4, 0.5) is 5.82 Å². The molecule has 0 aliphatic carbocycles. The second-order valence-corrected chi connectivity index (χ2v) is 10.5. The maximum atomic E-state index is 12.6. The molecule has 0 amide bonds. The molecule has 29 heavy (non-hydrogen) atoms. The number of morpholine rings is 1. The Labute approximate surface area is 170 Å². The quantitative estimate of drug-likeness (QED) is 0.744. The van der Waals surface area contributed by atoms with Gasteiger partial charge in [-0.1, -0.05) is 0 Å². The van der Waals surface area contributed by atoms with Gasteiger partial charge >= 0.3 is 0 Å². The molecule has 10 nitrogen and oxygen atoms in total. The van der Waals surface area contributed by atoms with Crippen LogP contribution < -0.4 is 15.4 Å². The van der Waals surface area contributed by atoms with Crippen molar-refractivity contribution in [3.05, 3.63) is 23.9 Å². The summed E-state index contributed by atoms with van der Waals surface area (Å²) in [4.78, 5) is 15.8. The predicted molar refractivity (Wildman–Crippen MR) is 107 cm³/mol. The zero-order chi connectivity index (χ0) is 21.0. The smallest absolute Gasteiger partial charge is 0.237 e. The third-order valence-corrected chi connectivity index (χ3v) is 7.70. The van der Waals surface area contributed by atoms with Crippen molar-refractivity contribution in [3.63, 3.8) is 0 Å². The first-order chi connectivity index (χ1) is 13.6. The molecule has 11 heteroatoms. The van der Waals surface area contributed by atoms with Gasteiger partial charge in [0.2, 0.25) is 5.95 Å². The summed E-state index contributed by atoms with van der Waals surface area (Å²) in [6, 6.07) is 0.0603. The number of aromatic nitrogens is 4. The lowest BCUT2D eigenvalue weighted by molar-refractivity contribution is 0.0482. The number of nitrogens with zero attached hydrogens (tertiary/aromatic N) is 5. The molecule has 2 aromatic heterocycles. The monoisotopic (exact) mass is 422 g/mol. The minimum atomic E-state index is -3.50. The standard InChI is InChI=1S/C18H26N6O4S/c1-11-8-27-9-12-10-28-14-15(18(2,3)29(4,25)26)21-17(22-16(14)24(11)12)23-6-5-20-13(23)7-19/h5-6,11-12H,7-10,19H2,1-4H3/t11-,12+/m1/s1. The van der Waals surface area contributed by atoms with Crippen LogP contribution in [0.1, 0.15) is 32.3 Å². The number of hydrogen-bond acceptors (Lipinski definition) is 9. The Bertz CT molecular complexity index is 1030. The highest BCUT2D eigenvalue weighted by molar-refractivity contribution is 7.91. The van der Waals surface area contributed by atoms with E-state index in [-0.39, 0.29) is 18.6 Å². The summed E-state index contributed by atoms with van der Waals surface area (Å²) < 4.78 is 37.3. The number of imidazole rings is 1. The maximum Gasteiger partial charge on any atom is 0.237 e. The number of hydrogen-bond donors (Lipinski definition) is 1. The fraction of sp³-hybridized carbons (Fsp3) is 0.611. The second kappa shape index (κ2) is 6.92. The van der Waals surface area contributed by atoms with Gasteiger partial charge in [-0.05, 0) is 20.8 Å². The van der Waals surface area contributed by atoms with Gasteiger partial charge in [-0.15, -0.1) is 0 Å². The van der Waals surface area contributed by atoms with Crippen LogP contribution in [0.25, 0.3) is 5.95 Å². The fourth-order valence-electron chi connectivity index (χ4n) is 3.68. The fourth-order valence-corrected chi connectivity index (χ4v) is 4.17. The lowest BCUT2D eigenvalue weighted by Crippen LogP contribution is -2.56. The van der Waals surface area contributed by atoms with E-state index in [4.69, 9.17) is 20.2 Å². The molecule has 0 radical (unpaired) electrons. The molecular weight excluding hydrogens is 396 g/mol. The molecule has 1 fully saturated rings. The number of rotatable bonds is 4. The summed E-state index contributed by atoms with van der Waals surface area (Å²) in [5.41, 5.74) is 6.13. The molecule has 0 aromatic carbocycles. The van der Waals surface area contributed by atoms with Gasteiger partial charge in [0, 0.05) is 18.6 Å². The molecule has 0 bridgehead atoms. The summed E-state index contributed by atoms with van der Waals surface area (Å²) in [7, 11) is -3.50. The van der Waals surface area contributed by atoms with Gasteiger partial charge < -0.3 is 20.1 Å². The molecule has 158 valence electrons. The topological polar surface area (TPSA) is 125 Å². The first-order valence-electron chi connectivity index (χ1n) is 9.48. The molecule has 2 aliphatic heterocycles. The van der Waals surface area contributed by atoms with Gasteiger partial charge in [0.15, 0.2) is 21.4 Å². The average Bonchev–Trinajstić information content (AvgIpc) is 3.14. The van der Waals surface area contributed by atoms with Gasteiger partial charge in [-0.25, -0.2) is 18.4 Å². The van der Waals surface area contributed by atoms with Crippen LogP contribution >= 0.6 is 0 Å². The van der Waals surface area contributed by atoms with Crippen molar-refractivity contribution in [1.29, 1.82) is 0 Å². The highest BCUT2D eigenvalue weighted by Gasteiger charge is 2.44. The highest BCUT2D eigenvalue weighted by atomic mass is 32.2. The van der Waals surface area contributed by atoms with Crippen molar-refractivity contribution in [3.8, 4) is 11.7 Å². The Kier molecular flexibility index (Phi) is 4.79. The number of anilines is 1. The minimum absolute atomic E-state index is 0.0000351. The van der Waals surface area contributed by atoms with Crippen molar-refractivity contribution in [2.45, 2.75) is 44.1 Å². The van der Waals surface area contributed by atoms with E-state index >= 15 is 0 Å². The molecule has 2 aliphatic rings. The molecule has 0 spiro atoms. The number of nitrogens with two attached hydrogens (primary N) is 1. The predicted octanol–water partition coefficient (Wildman–Crippen LogP) is 0.387. The van der Waals surface area contributed by atoms with E-state index in [2.05, 4.69) is 14.9 Å². The van der Waals surface area contributed by atoms with Crippen LogP contribution in [-0.4, -0.2) is 66.1 Å². The summed E-state index contributed by atoms with van der Waals surface area (Å²) in [6.07, 6.45) is 4.53. The van der Waals surface area contributed by atoms with Gasteiger partial charge in [0.25, 0.3) is 0 Å². The SMILES string of the molecule is C[C@@H]1COC[C@H]2COc3c(nc(-n4ccnc4CN)nc3C(C)(C)S(C)(=O)=O)N21. The van der Waals surface area contributed by atoms with Crippen molar-refractivity contribution >= 4 is 15.7 Å². The average molecular weight is 423 g/mol. The Morgan fingerprint density at radius 3 is 2.72 bits per heavy atom. The zero-order valence-electron chi connectivity index (χ0n) is 17.0. The van der Waals surface area contributed by atoms with E-state index in [1.807, 2.05) is 6.92 Å². The van der Waals surface area contributed by atoms with Crippen LogP contribution in [0.5, 0.6) is 5.75 Å². The summed E-state index contributed by atoms with van der Waals surface area (Å²) in [5.74, 6) is 1.88. The first-order valence-corrected chi connectivity index (χ1v) is 11.4. The van der Waals surface area contributed by atoms with Crippen LogP contribution in [0.3, 0.4) is 0 Å². The summed E-state index contributed by atoms with van der Waals surface area (Å²) in [5, 5.41) is 0. The highest BCUT2D eigenvalue weighted by Crippen LogP contribution is 2.43. The summed E-state index contributed by atoms with van der Waals surface area (Å²) >= 11 is 0. The van der Waals surface area contributed by atoms with Gasteiger partial charge in [-0.2, -0.15) is 4.98 Å². The van der Waals surface area contributed by atoms with E-state index < -0.39 is 14.6 Å². The van der Waals surface area contributed by atoms with Crippen LogP contribution in [0.15, 0.2) is 12.4 Å². The van der Waals surface area contributed by atoms with Gasteiger partial charge in [0.05, 0.1) is 31.8 Å². The van der Waals surface area contributed by atoms with E-state index in [9.17, 15) is 8.42 Å². The van der Waals surface area contributed by atoms with Crippen molar-refractivity contribution in [1.82, 2.24) is 19.5 Å². The molecule has 2 N–H and O–H groups in total. The molecule has 0 saturated carbocycles. The minimum Gasteiger partial charge on any atom is -0.486 e.